The molecule has 25 heavy (non-hydrogen) atoms. The first kappa shape index (κ1) is 16.8. The van der Waals surface area contributed by atoms with E-state index in [1.165, 1.54) is 12.1 Å². The molecule has 130 valence electrons. The van der Waals surface area contributed by atoms with Crippen LogP contribution in [0.1, 0.15) is 19.0 Å². The number of carboxylic acids is 1. The summed E-state index contributed by atoms with van der Waals surface area (Å²) in [6, 6.07) is 7.88. The number of aromatic nitrogens is 2. The maximum atomic E-state index is 11.4. The van der Waals surface area contributed by atoms with E-state index >= 15 is 0 Å². The van der Waals surface area contributed by atoms with Crippen LogP contribution in [0, 0.1) is 22.5 Å². The predicted octanol–water partition coefficient (Wildman–Crippen LogP) is 2.66. The fourth-order valence-electron chi connectivity index (χ4n) is 2.91. The summed E-state index contributed by atoms with van der Waals surface area (Å²) in [5.74, 6) is 0.330. The average Bonchev–Trinajstić information content (AvgIpc) is 2.98. The van der Waals surface area contributed by atoms with E-state index in [-0.39, 0.29) is 5.69 Å². The van der Waals surface area contributed by atoms with Crippen LogP contribution >= 0.6 is 0 Å². The van der Waals surface area contributed by atoms with Gasteiger partial charge < -0.3 is 10.0 Å². The zero-order chi connectivity index (χ0) is 18.2. The van der Waals surface area contributed by atoms with E-state index in [9.17, 15) is 20.0 Å². The van der Waals surface area contributed by atoms with Crippen LogP contribution in [-0.2, 0) is 4.79 Å². The number of carboxylic acid groups (broad SMARTS) is 1. The Hall–Kier alpha value is -3.03. The molecule has 1 atom stereocenters. The second kappa shape index (κ2) is 6.12. The molecule has 0 saturated carbocycles. The molecule has 2 aromatic rings. The second-order valence-corrected chi connectivity index (χ2v) is 6.53. The van der Waals surface area contributed by atoms with Gasteiger partial charge in [-0.15, -0.1) is 0 Å². The Morgan fingerprint density at radius 1 is 1.32 bits per heavy atom. The number of carbonyl (C=O) groups is 1. The Balaban J connectivity index is 1.91. The van der Waals surface area contributed by atoms with E-state index in [0.29, 0.717) is 36.7 Å². The van der Waals surface area contributed by atoms with Crippen molar-refractivity contribution in [3.8, 4) is 11.4 Å². The van der Waals surface area contributed by atoms with Gasteiger partial charge in [0.2, 0.25) is 0 Å². The average molecular weight is 342 g/mol. The lowest BCUT2D eigenvalue weighted by Gasteiger charge is -2.21. The molecule has 2 heterocycles. The summed E-state index contributed by atoms with van der Waals surface area (Å²) in [4.78, 5) is 32.6. The van der Waals surface area contributed by atoms with Crippen LogP contribution in [0.4, 0.5) is 11.5 Å². The highest BCUT2D eigenvalue weighted by Crippen LogP contribution is 2.33. The topological polar surface area (TPSA) is 109 Å². The highest BCUT2D eigenvalue weighted by Gasteiger charge is 2.41. The standard InChI is InChI=1S/C17H18N4O4/c1-11-9-14(20-8-7-17(2,10-20)16(22)23)19-15(18-11)12-3-5-13(6-4-12)21(24)25/h3-6,9H,7-8,10H2,1-2H3,(H,22,23). The van der Waals surface area contributed by atoms with Gasteiger partial charge in [-0.2, -0.15) is 0 Å². The van der Waals surface area contributed by atoms with Gasteiger partial charge in [-0.1, -0.05) is 0 Å². The molecule has 1 aliphatic heterocycles. The number of benzene rings is 1. The highest BCUT2D eigenvalue weighted by atomic mass is 16.6. The van der Waals surface area contributed by atoms with Gasteiger partial charge >= 0.3 is 5.97 Å². The number of nitro benzene ring substituents is 1. The van der Waals surface area contributed by atoms with Crippen molar-refractivity contribution in [3.05, 3.63) is 46.1 Å². The van der Waals surface area contributed by atoms with Crippen molar-refractivity contribution in [1.82, 2.24) is 9.97 Å². The van der Waals surface area contributed by atoms with E-state index in [2.05, 4.69) is 9.97 Å². The van der Waals surface area contributed by atoms with Gasteiger partial charge in [-0.25, -0.2) is 9.97 Å². The second-order valence-electron chi connectivity index (χ2n) is 6.53. The van der Waals surface area contributed by atoms with Crippen LogP contribution in [0.2, 0.25) is 0 Å². The van der Waals surface area contributed by atoms with Crippen molar-refractivity contribution in [2.24, 2.45) is 5.41 Å². The minimum atomic E-state index is -0.809. The third kappa shape index (κ3) is 3.28. The van der Waals surface area contributed by atoms with Crippen LogP contribution < -0.4 is 4.90 Å². The summed E-state index contributed by atoms with van der Waals surface area (Å²) in [6.45, 7) is 4.57. The number of hydrogen-bond donors (Lipinski definition) is 1. The van der Waals surface area contributed by atoms with Crippen molar-refractivity contribution < 1.29 is 14.8 Å². The molecule has 1 saturated heterocycles. The molecular formula is C17H18N4O4. The lowest BCUT2D eigenvalue weighted by molar-refractivity contribution is -0.384. The first-order valence-electron chi connectivity index (χ1n) is 7.87. The molecule has 1 unspecified atom stereocenters. The maximum Gasteiger partial charge on any atom is 0.311 e. The Labute approximate surface area is 144 Å². The Morgan fingerprint density at radius 3 is 2.56 bits per heavy atom. The highest BCUT2D eigenvalue weighted by molar-refractivity contribution is 5.76. The fourth-order valence-corrected chi connectivity index (χ4v) is 2.91. The molecule has 0 bridgehead atoms. The smallest absolute Gasteiger partial charge is 0.311 e. The number of aryl methyl sites for hydroxylation is 1. The van der Waals surface area contributed by atoms with E-state index in [1.54, 1.807) is 19.1 Å². The Kier molecular flexibility index (Phi) is 4.12. The molecule has 1 aliphatic rings. The van der Waals surface area contributed by atoms with Crippen molar-refractivity contribution in [1.29, 1.82) is 0 Å². The van der Waals surface area contributed by atoms with Crippen LogP contribution in [0.3, 0.4) is 0 Å². The number of rotatable bonds is 4. The van der Waals surface area contributed by atoms with E-state index < -0.39 is 16.3 Å². The molecule has 0 radical (unpaired) electrons. The van der Waals surface area contributed by atoms with E-state index in [0.717, 1.165) is 5.69 Å². The molecule has 3 rings (SSSR count). The molecule has 1 N–H and O–H groups in total. The summed E-state index contributed by atoms with van der Waals surface area (Å²) < 4.78 is 0. The quantitative estimate of drug-likeness (QED) is 0.672. The molecular weight excluding hydrogens is 324 g/mol. The van der Waals surface area contributed by atoms with Crippen LogP contribution in [0.5, 0.6) is 0 Å². The third-order valence-electron chi connectivity index (χ3n) is 4.49. The molecule has 8 heteroatoms. The largest absolute Gasteiger partial charge is 0.481 e. The zero-order valence-corrected chi connectivity index (χ0v) is 14.0. The van der Waals surface area contributed by atoms with Gasteiger partial charge in [0.05, 0.1) is 10.3 Å². The molecule has 8 nitrogen and oxygen atoms in total. The van der Waals surface area contributed by atoms with E-state index in [4.69, 9.17) is 0 Å². The van der Waals surface area contributed by atoms with Gasteiger partial charge in [0.25, 0.3) is 5.69 Å². The normalized spacial score (nSPS) is 19.8. The van der Waals surface area contributed by atoms with Crippen LogP contribution in [-0.4, -0.2) is 39.1 Å². The van der Waals surface area contributed by atoms with Crippen molar-refractivity contribution in [2.75, 3.05) is 18.0 Å². The molecule has 0 amide bonds. The van der Waals surface area contributed by atoms with Gasteiger partial charge in [-0.3, -0.25) is 14.9 Å². The Morgan fingerprint density at radius 2 is 2.00 bits per heavy atom. The van der Waals surface area contributed by atoms with Crippen LogP contribution in [0.25, 0.3) is 11.4 Å². The van der Waals surface area contributed by atoms with Crippen molar-refractivity contribution in [2.45, 2.75) is 20.3 Å². The zero-order valence-electron chi connectivity index (χ0n) is 14.0. The minimum absolute atomic E-state index is 0.00777. The number of anilines is 1. The summed E-state index contributed by atoms with van der Waals surface area (Å²) >= 11 is 0. The number of non-ortho nitro benzene ring substituents is 1. The van der Waals surface area contributed by atoms with Gasteiger partial charge in [-0.05, 0) is 32.4 Å². The van der Waals surface area contributed by atoms with E-state index in [1.807, 2.05) is 17.9 Å². The van der Waals surface area contributed by atoms with Crippen molar-refractivity contribution >= 4 is 17.5 Å². The number of hydrogen-bond acceptors (Lipinski definition) is 6. The van der Waals surface area contributed by atoms with Gasteiger partial charge in [0, 0.05) is 42.5 Å². The molecule has 0 aliphatic carbocycles. The molecule has 1 aromatic carbocycles. The fraction of sp³-hybridized carbons (Fsp3) is 0.353. The SMILES string of the molecule is Cc1cc(N2CCC(C)(C(=O)O)C2)nc(-c2ccc([N+](=O)[O-])cc2)n1. The van der Waals surface area contributed by atoms with Crippen molar-refractivity contribution in [3.63, 3.8) is 0 Å². The monoisotopic (exact) mass is 342 g/mol. The molecule has 0 spiro atoms. The minimum Gasteiger partial charge on any atom is -0.481 e. The molecule has 1 fully saturated rings. The summed E-state index contributed by atoms with van der Waals surface area (Å²) in [7, 11) is 0. The third-order valence-corrected chi connectivity index (χ3v) is 4.49. The predicted molar refractivity (Wildman–Crippen MR) is 91.4 cm³/mol. The van der Waals surface area contributed by atoms with Gasteiger partial charge in [0.15, 0.2) is 5.82 Å². The summed E-state index contributed by atoms with van der Waals surface area (Å²) in [6.07, 6.45) is 0.554. The summed E-state index contributed by atoms with van der Waals surface area (Å²) in [5.41, 5.74) is 0.651. The first-order valence-corrected chi connectivity index (χ1v) is 7.87. The number of nitro groups is 1. The lowest BCUT2D eigenvalue weighted by Crippen LogP contribution is -2.32. The Bertz CT molecular complexity index is 837. The lowest BCUT2D eigenvalue weighted by atomic mass is 9.90. The van der Waals surface area contributed by atoms with Crippen LogP contribution in [0.15, 0.2) is 30.3 Å². The number of aliphatic carboxylic acids is 1. The summed E-state index contributed by atoms with van der Waals surface area (Å²) in [5, 5.41) is 20.1. The molecule has 1 aromatic heterocycles. The first-order chi connectivity index (χ1) is 11.8. The number of nitrogens with zero attached hydrogens (tertiary/aromatic N) is 4. The maximum absolute atomic E-state index is 11.4. The van der Waals surface area contributed by atoms with Gasteiger partial charge in [0.1, 0.15) is 5.82 Å².